The lowest BCUT2D eigenvalue weighted by atomic mass is 9.61. The number of amides is 1. The highest BCUT2D eigenvalue weighted by atomic mass is 16.5. The van der Waals surface area contributed by atoms with Gasteiger partial charge >= 0.3 is 0 Å². The van der Waals surface area contributed by atoms with Crippen molar-refractivity contribution in [2.45, 2.75) is 51.6 Å². The lowest BCUT2D eigenvalue weighted by Gasteiger charge is -2.43. The van der Waals surface area contributed by atoms with Crippen LogP contribution in [-0.4, -0.2) is 36.2 Å². The smallest absolute Gasteiger partial charge is 0.233 e. The fraction of sp³-hybridized carbons (Fsp3) is 0.857. The van der Waals surface area contributed by atoms with Gasteiger partial charge in [0.05, 0.1) is 6.10 Å². The van der Waals surface area contributed by atoms with Crippen molar-refractivity contribution in [3.8, 4) is 0 Å². The average molecular weight is 283 g/mol. The van der Waals surface area contributed by atoms with Crippen LogP contribution >= 0.6 is 0 Å². The van der Waals surface area contributed by atoms with Gasteiger partial charge in [0, 0.05) is 13.2 Å². The number of ether oxygens (including phenoxy) is 1. The molecule has 1 atom stereocenters. The summed E-state index contributed by atoms with van der Waals surface area (Å²) in [6.07, 6.45) is 5.77. The van der Waals surface area contributed by atoms with E-state index in [2.05, 4.69) is 17.4 Å². The van der Waals surface area contributed by atoms with Crippen LogP contribution in [0.1, 0.15) is 45.4 Å². The Morgan fingerprint density at radius 1 is 1.50 bits per heavy atom. The lowest BCUT2D eigenvalue weighted by Crippen LogP contribution is -2.57. The maximum absolute atomic E-state index is 12.3. The Morgan fingerprint density at radius 3 is 2.80 bits per heavy atom. The highest BCUT2D eigenvalue weighted by Gasteiger charge is 2.52. The molecule has 114 valence electrons. The molecule has 2 aliphatic rings. The summed E-state index contributed by atoms with van der Waals surface area (Å²) in [6, 6.07) is 0. The first-order chi connectivity index (χ1) is 9.58. The van der Waals surface area contributed by atoms with Crippen LogP contribution in [0.25, 0.3) is 0 Å². The van der Waals surface area contributed by atoms with Crippen molar-refractivity contribution in [3.63, 3.8) is 0 Å². The molecule has 6 heteroatoms. The maximum atomic E-state index is 12.3. The Balaban J connectivity index is 1.80. The van der Waals surface area contributed by atoms with Gasteiger partial charge in [-0.1, -0.05) is 12.1 Å². The van der Waals surface area contributed by atoms with Crippen LogP contribution in [-0.2, 0) is 9.53 Å². The van der Waals surface area contributed by atoms with Crippen LogP contribution in [0.4, 0.5) is 0 Å². The fourth-order valence-corrected chi connectivity index (χ4v) is 3.29. The van der Waals surface area contributed by atoms with Crippen LogP contribution in [0, 0.1) is 11.3 Å². The average Bonchev–Trinajstić information content (AvgIpc) is 2.43. The molecule has 0 bridgehead atoms. The Hall–Kier alpha value is -1.30. The van der Waals surface area contributed by atoms with Gasteiger partial charge < -0.3 is 21.0 Å². The molecule has 0 radical (unpaired) electrons. The van der Waals surface area contributed by atoms with E-state index >= 15 is 0 Å². The summed E-state index contributed by atoms with van der Waals surface area (Å²) >= 11 is 0. The molecule has 20 heavy (non-hydrogen) atoms. The number of rotatable bonds is 5. The van der Waals surface area contributed by atoms with Crippen LogP contribution in [0.3, 0.4) is 0 Å². The van der Waals surface area contributed by atoms with Crippen molar-refractivity contribution in [3.05, 3.63) is 0 Å². The Labute approximate surface area is 119 Å². The molecule has 2 rings (SSSR count). The second-order valence-electron chi connectivity index (χ2n) is 6.11. The van der Waals surface area contributed by atoms with Gasteiger partial charge in [-0.15, -0.1) is 0 Å². The molecule has 1 saturated heterocycles. The first kappa shape index (κ1) is 15.1. The van der Waals surface area contributed by atoms with Gasteiger partial charge in [-0.05, 0) is 44.4 Å². The number of hydrogen-bond donors (Lipinski definition) is 3. The molecule has 1 aliphatic heterocycles. The van der Waals surface area contributed by atoms with Crippen molar-refractivity contribution < 1.29 is 14.7 Å². The van der Waals surface area contributed by atoms with Gasteiger partial charge in [0.15, 0.2) is 5.84 Å². The Bertz CT molecular complexity index is 372. The van der Waals surface area contributed by atoms with E-state index in [-0.39, 0.29) is 17.8 Å². The minimum atomic E-state index is -0.804. The van der Waals surface area contributed by atoms with Gasteiger partial charge in [0.2, 0.25) is 5.91 Å². The van der Waals surface area contributed by atoms with E-state index in [0.29, 0.717) is 25.3 Å². The number of nitrogens with one attached hydrogen (secondary N) is 1. The monoisotopic (exact) mass is 283 g/mol. The highest BCUT2D eigenvalue weighted by Crippen LogP contribution is 2.45. The van der Waals surface area contributed by atoms with Crippen LogP contribution < -0.4 is 11.1 Å². The fourth-order valence-electron chi connectivity index (χ4n) is 3.29. The van der Waals surface area contributed by atoms with Crippen molar-refractivity contribution in [1.82, 2.24) is 5.32 Å². The number of nitrogens with two attached hydrogens (primary N) is 1. The predicted octanol–water partition coefficient (Wildman–Crippen LogP) is 1.22. The van der Waals surface area contributed by atoms with Crippen LogP contribution in [0.5, 0.6) is 0 Å². The van der Waals surface area contributed by atoms with Gasteiger partial charge in [-0.25, -0.2) is 0 Å². The van der Waals surface area contributed by atoms with Crippen molar-refractivity contribution in [1.29, 1.82) is 0 Å². The minimum Gasteiger partial charge on any atom is -0.409 e. The molecule has 2 fully saturated rings. The summed E-state index contributed by atoms with van der Waals surface area (Å²) in [4.78, 5) is 12.3. The number of hydrogen-bond acceptors (Lipinski definition) is 4. The van der Waals surface area contributed by atoms with E-state index in [1.807, 2.05) is 0 Å². The van der Waals surface area contributed by atoms with Crippen molar-refractivity contribution >= 4 is 11.7 Å². The van der Waals surface area contributed by atoms with Crippen molar-refractivity contribution in [2.75, 3.05) is 13.2 Å². The largest absolute Gasteiger partial charge is 0.409 e. The summed E-state index contributed by atoms with van der Waals surface area (Å²) in [7, 11) is 0. The molecule has 0 aromatic heterocycles. The third-order valence-corrected chi connectivity index (χ3v) is 4.45. The Kier molecular flexibility index (Phi) is 4.86. The normalized spacial score (nSPS) is 34.4. The second kappa shape index (κ2) is 6.43. The van der Waals surface area contributed by atoms with E-state index in [1.54, 1.807) is 0 Å². The van der Waals surface area contributed by atoms with Crippen LogP contribution in [0.2, 0.25) is 0 Å². The summed E-state index contributed by atoms with van der Waals surface area (Å²) in [5, 5.41) is 14.8. The summed E-state index contributed by atoms with van der Waals surface area (Å²) in [6.45, 7) is 3.47. The summed E-state index contributed by atoms with van der Waals surface area (Å²) in [5.41, 5.74) is 4.90. The zero-order chi connectivity index (χ0) is 14.6. The number of carbonyl (C=O) groups excluding carboxylic acids is 1. The molecule has 1 aliphatic carbocycles. The maximum Gasteiger partial charge on any atom is 0.233 e. The molecule has 0 aromatic rings. The molecule has 1 heterocycles. The van der Waals surface area contributed by atoms with E-state index < -0.39 is 5.41 Å². The molecule has 1 saturated carbocycles. The third kappa shape index (κ3) is 3.06. The van der Waals surface area contributed by atoms with Crippen LogP contribution in [0.15, 0.2) is 5.16 Å². The summed E-state index contributed by atoms with van der Waals surface area (Å²) < 4.78 is 5.63. The zero-order valence-electron chi connectivity index (χ0n) is 12.1. The van der Waals surface area contributed by atoms with E-state index in [4.69, 9.17) is 15.7 Å². The first-order valence-corrected chi connectivity index (χ1v) is 7.46. The lowest BCUT2D eigenvalue weighted by molar-refractivity contribution is -0.133. The second-order valence-corrected chi connectivity index (χ2v) is 6.11. The minimum absolute atomic E-state index is 0.0296. The molecule has 4 N–H and O–H groups in total. The number of oxime groups is 1. The molecule has 0 spiro atoms. The quantitative estimate of drug-likeness (QED) is 0.306. The number of nitrogens with zero attached hydrogens (tertiary/aromatic N) is 1. The van der Waals surface area contributed by atoms with Gasteiger partial charge in [0.1, 0.15) is 5.41 Å². The predicted molar refractivity (Wildman–Crippen MR) is 75.5 cm³/mol. The number of amidine groups is 1. The molecular weight excluding hydrogens is 258 g/mol. The number of carbonyl (C=O) groups is 1. The topological polar surface area (TPSA) is 96.9 Å². The molecule has 0 aromatic carbocycles. The standard InChI is InChI=1S/C14H25N3O3/c1-10-8-14(9-10,12(15)17-19)13(18)16-6-5-11-4-2-3-7-20-11/h10-11,19H,2-9H2,1H3,(H2,15,17)(H,16,18). The third-order valence-electron chi connectivity index (χ3n) is 4.45. The summed E-state index contributed by atoms with van der Waals surface area (Å²) in [5.74, 6) is 0.339. The van der Waals surface area contributed by atoms with Gasteiger partial charge in [0.25, 0.3) is 0 Å². The molecule has 1 unspecified atom stereocenters. The molecular formula is C14H25N3O3. The SMILES string of the molecule is CC1CC(C(=O)NCCC2CCCCO2)(C(N)=NO)C1. The van der Waals surface area contributed by atoms with Crippen molar-refractivity contribution in [2.24, 2.45) is 22.2 Å². The first-order valence-electron chi connectivity index (χ1n) is 7.46. The zero-order valence-corrected chi connectivity index (χ0v) is 12.1. The Morgan fingerprint density at radius 2 is 2.25 bits per heavy atom. The van der Waals surface area contributed by atoms with Gasteiger partial charge in [-0.3, -0.25) is 4.79 Å². The van der Waals surface area contributed by atoms with E-state index in [1.165, 1.54) is 6.42 Å². The molecule has 1 amide bonds. The highest BCUT2D eigenvalue weighted by molar-refractivity contribution is 6.07. The van der Waals surface area contributed by atoms with E-state index in [9.17, 15) is 4.79 Å². The van der Waals surface area contributed by atoms with E-state index in [0.717, 1.165) is 25.9 Å². The molecule has 6 nitrogen and oxygen atoms in total. The van der Waals surface area contributed by atoms with Gasteiger partial charge in [-0.2, -0.15) is 0 Å².